The first-order chi connectivity index (χ1) is 14.4. The van der Waals surface area contributed by atoms with E-state index in [0.717, 1.165) is 0 Å². The molecule has 0 saturated heterocycles. The largest absolute Gasteiger partial charge is 0.511 e. The highest BCUT2D eigenvalue weighted by Crippen LogP contribution is 2.36. The Kier molecular flexibility index (Phi) is 5.85. The lowest BCUT2D eigenvalue weighted by Gasteiger charge is -2.28. The Morgan fingerprint density at radius 3 is 1.77 bits per heavy atom. The van der Waals surface area contributed by atoms with E-state index in [-0.39, 0.29) is 68.9 Å². The number of carbonyl (C=O) groups excluding carboxylic acids is 2. The monoisotopic (exact) mass is 425 g/mol. The van der Waals surface area contributed by atoms with Gasteiger partial charge in [-0.15, -0.1) is 0 Å². The van der Waals surface area contributed by atoms with Crippen LogP contribution >= 0.6 is 0 Å². The van der Waals surface area contributed by atoms with Crippen LogP contribution in [-0.2, 0) is 9.59 Å². The standard InChI is InChI=1S/C23H27N3O5/c1-22(2)7-16(28)13(17(29)8-22)11-24-20-6-5-15(27)21(26-20)25-12-14-18(30)9-23(3,4)10-19(14)31/h5-6,11-12,27-28,30H,7-10H2,1-4H3. The lowest BCUT2D eigenvalue weighted by atomic mass is 9.77. The molecule has 3 rings (SSSR count). The summed E-state index contributed by atoms with van der Waals surface area (Å²) in [5, 5.41) is 30.4. The predicted octanol–water partition coefficient (Wildman–Crippen LogP) is 4.59. The van der Waals surface area contributed by atoms with Gasteiger partial charge in [0.15, 0.2) is 29.0 Å². The molecule has 164 valence electrons. The zero-order chi connectivity index (χ0) is 23.0. The maximum atomic E-state index is 12.3. The van der Waals surface area contributed by atoms with Gasteiger partial charge in [0.1, 0.15) is 11.5 Å². The Balaban J connectivity index is 1.85. The van der Waals surface area contributed by atoms with Crippen molar-refractivity contribution in [1.29, 1.82) is 0 Å². The lowest BCUT2D eigenvalue weighted by Crippen LogP contribution is -2.26. The summed E-state index contributed by atoms with van der Waals surface area (Å²) in [6.07, 6.45) is 3.78. The highest BCUT2D eigenvalue weighted by atomic mass is 16.3. The number of aromatic hydroxyl groups is 1. The molecule has 8 heteroatoms. The van der Waals surface area contributed by atoms with Gasteiger partial charge >= 0.3 is 0 Å². The first-order valence-corrected chi connectivity index (χ1v) is 10.1. The zero-order valence-electron chi connectivity index (χ0n) is 18.1. The molecule has 2 aliphatic rings. The minimum atomic E-state index is -0.320. The van der Waals surface area contributed by atoms with E-state index in [0.29, 0.717) is 19.3 Å². The van der Waals surface area contributed by atoms with Crippen LogP contribution in [0.15, 0.2) is 44.8 Å². The predicted molar refractivity (Wildman–Crippen MR) is 118 cm³/mol. The minimum absolute atomic E-state index is 0.0110. The van der Waals surface area contributed by atoms with Crippen molar-refractivity contribution in [2.75, 3.05) is 0 Å². The fraction of sp³-hybridized carbons (Fsp3) is 0.435. The van der Waals surface area contributed by atoms with Gasteiger partial charge in [0.2, 0.25) is 0 Å². The summed E-state index contributed by atoms with van der Waals surface area (Å²) in [7, 11) is 0. The molecule has 0 radical (unpaired) electrons. The number of aliphatic hydroxyl groups excluding tert-OH is 2. The smallest absolute Gasteiger partial charge is 0.196 e. The van der Waals surface area contributed by atoms with Crippen LogP contribution in [0.4, 0.5) is 11.6 Å². The number of ketones is 2. The van der Waals surface area contributed by atoms with Crippen LogP contribution < -0.4 is 0 Å². The van der Waals surface area contributed by atoms with Crippen LogP contribution in [0.25, 0.3) is 0 Å². The van der Waals surface area contributed by atoms with E-state index >= 15 is 0 Å². The number of rotatable bonds is 4. The average molecular weight is 425 g/mol. The molecule has 0 spiro atoms. The number of allylic oxidation sites excluding steroid dienone is 4. The molecule has 0 saturated carbocycles. The molecule has 0 atom stereocenters. The first kappa shape index (κ1) is 22.4. The fourth-order valence-electron chi connectivity index (χ4n) is 3.75. The second-order valence-electron chi connectivity index (χ2n) is 9.63. The fourth-order valence-corrected chi connectivity index (χ4v) is 3.75. The van der Waals surface area contributed by atoms with Gasteiger partial charge in [-0.1, -0.05) is 27.7 Å². The van der Waals surface area contributed by atoms with Gasteiger partial charge in [0, 0.05) is 38.1 Å². The number of hydrogen-bond donors (Lipinski definition) is 3. The molecule has 0 aromatic carbocycles. The third-order valence-electron chi connectivity index (χ3n) is 5.27. The van der Waals surface area contributed by atoms with Gasteiger partial charge in [0.05, 0.1) is 11.1 Å². The van der Waals surface area contributed by atoms with Gasteiger partial charge in [-0.25, -0.2) is 15.0 Å². The third-order valence-corrected chi connectivity index (χ3v) is 5.27. The van der Waals surface area contributed by atoms with Gasteiger partial charge in [0.25, 0.3) is 0 Å². The van der Waals surface area contributed by atoms with E-state index in [4.69, 9.17) is 0 Å². The molecule has 0 unspecified atom stereocenters. The minimum Gasteiger partial charge on any atom is -0.511 e. The number of carbonyl (C=O) groups is 2. The Bertz CT molecular complexity index is 1060. The van der Waals surface area contributed by atoms with Crippen molar-refractivity contribution >= 4 is 35.6 Å². The number of pyridine rings is 1. The molecule has 0 bridgehead atoms. The second kappa shape index (κ2) is 8.09. The van der Waals surface area contributed by atoms with Gasteiger partial charge in [-0.05, 0) is 23.0 Å². The van der Waals surface area contributed by atoms with Crippen LogP contribution in [0.5, 0.6) is 5.75 Å². The van der Waals surface area contributed by atoms with Crippen LogP contribution in [0, 0.1) is 10.8 Å². The number of aliphatic hydroxyl groups is 2. The normalized spacial score (nSPS) is 21.5. The van der Waals surface area contributed by atoms with E-state index in [2.05, 4.69) is 15.0 Å². The van der Waals surface area contributed by atoms with E-state index in [1.165, 1.54) is 24.6 Å². The number of Topliss-reactive ketones (excluding diaryl/α,β-unsaturated/α-hetero) is 2. The van der Waals surface area contributed by atoms with Crippen LogP contribution in [0.2, 0.25) is 0 Å². The van der Waals surface area contributed by atoms with Crippen LogP contribution in [0.3, 0.4) is 0 Å². The number of hydrogen-bond acceptors (Lipinski definition) is 8. The molecule has 1 aromatic rings. The summed E-state index contributed by atoms with van der Waals surface area (Å²) in [6.45, 7) is 7.61. The van der Waals surface area contributed by atoms with Crippen LogP contribution in [0.1, 0.15) is 53.4 Å². The number of aliphatic imine (C=N–C) groups is 2. The number of nitrogens with zero attached hydrogens (tertiary/aromatic N) is 3. The van der Waals surface area contributed by atoms with E-state index in [9.17, 15) is 24.9 Å². The second-order valence-corrected chi connectivity index (χ2v) is 9.63. The van der Waals surface area contributed by atoms with Crippen LogP contribution in [-0.4, -0.2) is 44.3 Å². The van der Waals surface area contributed by atoms with Crippen molar-refractivity contribution in [1.82, 2.24) is 4.98 Å². The maximum absolute atomic E-state index is 12.3. The molecule has 1 heterocycles. The Morgan fingerprint density at radius 2 is 1.29 bits per heavy atom. The maximum Gasteiger partial charge on any atom is 0.196 e. The van der Waals surface area contributed by atoms with E-state index in [1.807, 2.05) is 27.7 Å². The summed E-state index contributed by atoms with van der Waals surface area (Å²) in [5.74, 6) is -0.624. The zero-order valence-corrected chi connectivity index (χ0v) is 18.1. The topological polar surface area (TPSA) is 132 Å². The summed E-state index contributed by atoms with van der Waals surface area (Å²) in [4.78, 5) is 36.9. The lowest BCUT2D eigenvalue weighted by molar-refractivity contribution is -0.118. The summed E-state index contributed by atoms with van der Waals surface area (Å²) < 4.78 is 0. The van der Waals surface area contributed by atoms with Crippen molar-refractivity contribution in [2.24, 2.45) is 20.8 Å². The van der Waals surface area contributed by atoms with E-state index < -0.39 is 0 Å². The van der Waals surface area contributed by atoms with Crippen molar-refractivity contribution < 1.29 is 24.9 Å². The summed E-state index contributed by atoms with van der Waals surface area (Å²) >= 11 is 0. The van der Waals surface area contributed by atoms with Crippen molar-refractivity contribution in [3.63, 3.8) is 0 Å². The Morgan fingerprint density at radius 1 is 0.806 bits per heavy atom. The quantitative estimate of drug-likeness (QED) is 0.604. The highest BCUT2D eigenvalue weighted by molar-refractivity contribution is 6.15. The average Bonchev–Trinajstić information content (AvgIpc) is 2.60. The van der Waals surface area contributed by atoms with Gasteiger partial charge in [-0.3, -0.25) is 9.59 Å². The molecule has 8 nitrogen and oxygen atoms in total. The molecule has 31 heavy (non-hydrogen) atoms. The number of aromatic nitrogens is 1. The van der Waals surface area contributed by atoms with E-state index in [1.54, 1.807) is 0 Å². The molecular formula is C23H27N3O5. The van der Waals surface area contributed by atoms with Crippen molar-refractivity contribution in [3.8, 4) is 5.75 Å². The van der Waals surface area contributed by atoms with Crippen molar-refractivity contribution in [3.05, 3.63) is 34.8 Å². The third kappa shape index (κ3) is 5.25. The molecule has 2 aliphatic carbocycles. The van der Waals surface area contributed by atoms with Crippen molar-refractivity contribution in [2.45, 2.75) is 53.4 Å². The first-order valence-electron chi connectivity index (χ1n) is 10.1. The SMILES string of the molecule is CC1(C)CC(=O)C(C=Nc2ccc(O)c(N=CC3=C(O)CC(C)(C)CC3=O)n2)=C(O)C1. The van der Waals surface area contributed by atoms with Gasteiger partial charge in [-0.2, -0.15) is 0 Å². The summed E-state index contributed by atoms with van der Waals surface area (Å²) in [6, 6.07) is 2.77. The van der Waals surface area contributed by atoms with Gasteiger partial charge < -0.3 is 15.3 Å². The molecular weight excluding hydrogens is 398 g/mol. The highest BCUT2D eigenvalue weighted by Gasteiger charge is 2.33. The molecule has 1 aromatic heterocycles. The molecule has 0 amide bonds. The summed E-state index contributed by atoms with van der Waals surface area (Å²) in [5.41, 5.74) is -0.382. The molecule has 3 N–H and O–H groups in total. The molecule has 0 fully saturated rings. The molecule has 0 aliphatic heterocycles. The Labute approximate surface area is 180 Å². The Hall–Kier alpha value is -3.29.